The second-order valence-corrected chi connectivity index (χ2v) is 4.35. The van der Waals surface area contributed by atoms with Crippen LogP contribution >= 0.6 is 0 Å². The van der Waals surface area contributed by atoms with Gasteiger partial charge < -0.3 is 15.5 Å². The third-order valence-electron chi connectivity index (χ3n) is 2.75. The van der Waals surface area contributed by atoms with Crippen LogP contribution in [0, 0.1) is 5.92 Å². The predicted molar refractivity (Wildman–Crippen MR) is 56.9 cm³/mol. The van der Waals surface area contributed by atoms with Crippen LogP contribution in [-0.4, -0.2) is 56.0 Å². The number of hydrogen-bond donors (Lipinski definition) is 1. The summed E-state index contributed by atoms with van der Waals surface area (Å²) >= 11 is 0. The van der Waals surface area contributed by atoms with Crippen LogP contribution in [0.5, 0.6) is 0 Å². The zero-order valence-electron chi connectivity index (χ0n) is 9.20. The highest BCUT2D eigenvalue weighted by Gasteiger charge is 2.25. The lowest BCUT2D eigenvalue weighted by Crippen LogP contribution is -2.29. The maximum absolute atomic E-state index is 10.9. The van der Waals surface area contributed by atoms with Crippen molar-refractivity contribution in [3.63, 3.8) is 0 Å². The lowest BCUT2D eigenvalue weighted by atomic mass is 10.1. The zero-order valence-corrected chi connectivity index (χ0v) is 9.20. The zero-order chi connectivity index (χ0) is 10.6. The Kier molecular flexibility index (Phi) is 4.35. The van der Waals surface area contributed by atoms with Gasteiger partial charge in [-0.05, 0) is 46.6 Å². The summed E-state index contributed by atoms with van der Waals surface area (Å²) in [5.41, 5.74) is 5.26. The first-order valence-corrected chi connectivity index (χ1v) is 5.26. The molecule has 1 unspecified atom stereocenters. The highest BCUT2D eigenvalue weighted by molar-refractivity contribution is 5.77. The first kappa shape index (κ1) is 11.5. The normalized spacial score (nSPS) is 23.2. The van der Waals surface area contributed by atoms with Gasteiger partial charge in [0.05, 0.1) is 5.92 Å². The predicted octanol–water partition coefficient (Wildman–Crippen LogP) is -0.255. The van der Waals surface area contributed by atoms with Gasteiger partial charge in [-0.2, -0.15) is 0 Å². The van der Waals surface area contributed by atoms with Crippen molar-refractivity contribution in [2.24, 2.45) is 11.7 Å². The SMILES string of the molecule is CN(C)CCCN1CCC(C(N)=O)C1. The molecular weight excluding hydrogens is 178 g/mol. The Hall–Kier alpha value is -0.610. The first-order valence-electron chi connectivity index (χ1n) is 5.26. The van der Waals surface area contributed by atoms with Crippen molar-refractivity contribution in [3.8, 4) is 0 Å². The van der Waals surface area contributed by atoms with Crippen LogP contribution < -0.4 is 5.73 Å². The third kappa shape index (κ3) is 3.64. The molecule has 0 aromatic heterocycles. The molecule has 0 spiro atoms. The van der Waals surface area contributed by atoms with Crippen LogP contribution in [0.3, 0.4) is 0 Å². The Labute approximate surface area is 86.0 Å². The smallest absolute Gasteiger partial charge is 0.221 e. The molecule has 0 aromatic rings. The minimum absolute atomic E-state index is 0.0920. The number of nitrogens with zero attached hydrogens (tertiary/aromatic N) is 2. The molecule has 4 heteroatoms. The van der Waals surface area contributed by atoms with Crippen LogP contribution in [0.1, 0.15) is 12.8 Å². The standard InChI is InChI=1S/C10H21N3O/c1-12(2)5-3-6-13-7-4-9(8-13)10(11)14/h9H,3-8H2,1-2H3,(H2,11,14). The molecule has 1 fully saturated rings. The molecule has 1 heterocycles. The number of primary amides is 1. The van der Waals surface area contributed by atoms with Crippen LogP contribution in [0.2, 0.25) is 0 Å². The third-order valence-corrected chi connectivity index (χ3v) is 2.75. The molecule has 1 saturated heterocycles. The summed E-state index contributed by atoms with van der Waals surface area (Å²) in [6.45, 7) is 4.09. The minimum atomic E-state index is -0.139. The van der Waals surface area contributed by atoms with Gasteiger partial charge >= 0.3 is 0 Å². The summed E-state index contributed by atoms with van der Waals surface area (Å²) in [5, 5.41) is 0. The Morgan fingerprint density at radius 1 is 1.57 bits per heavy atom. The number of nitrogens with two attached hydrogens (primary N) is 1. The average Bonchev–Trinajstić information content (AvgIpc) is 2.52. The Bertz CT molecular complexity index is 194. The van der Waals surface area contributed by atoms with Crippen molar-refractivity contribution < 1.29 is 4.79 Å². The average molecular weight is 199 g/mol. The van der Waals surface area contributed by atoms with E-state index in [1.165, 1.54) is 6.42 Å². The molecule has 1 atom stereocenters. The number of likely N-dealkylation sites (tertiary alicyclic amines) is 1. The van der Waals surface area contributed by atoms with E-state index in [-0.39, 0.29) is 11.8 Å². The van der Waals surface area contributed by atoms with Crippen LogP contribution in [-0.2, 0) is 4.79 Å². The highest BCUT2D eigenvalue weighted by atomic mass is 16.1. The summed E-state index contributed by atoms with van der Waals surface area (Å²) < 4.78 is 0. The van der Waals surface area contributed by atoms with E-state index < -0.39 is 0 Å². The molecule has 0 radical (unpaired) electrons. The van der Waals surface area contributed by atoms with Gasteiger partial charge in [0.25, 0.3) is 0 Å². The van der Waals surface area contributed by atoms with Crippen molar-refractivity contribution in [1.29, 1.82) is 0 Å². The molecule has 4 nitrogen and oxygen atoms in total. The molecule has 0 aliphatic carbocycles. The number of rotatable bonds is 5. The summed E-state index contributed by atoms with van der Waals surface area (Å²) in [4.78, 5) is 15.4. The molecule has 1 aliphatic rings. The first-order chi connectivity index (χ1) is 6.59. The monoisotopic (exact) mass is 199 g/mol. The van der Waals surface area contributed by atoms with Gasteiger partial charge in [0.15, 0.2) is 0 Å². The molecule has 14 heavy (non-hydrogen) atoms. The fourth-order valence-electron chi connectivity index (χ4n) is 1.88. The van der Waals surface area contributed by atoms with E-state index in [9.17, 15) is 4.79 Å². The van der Waals surface area contributed by atoms with Gasteiger partial charge in [0.1, 0.15) is 0 Å². The van der Waals surface area contributed by atoms with E-state index in [2.05, 4.69) is 23.9 Å². The van der Waals surface area contributed by atoms with Gasteiger partial charge in [0.2, 0.25) is 5.91 Å². The van der Waals surface area contributed by atoms with Gasteiger partial charge in [-0.1, -0.05) is 0 Å². The lowest BCUT2D eigenvalue weighted by molar-refractivity contribution is -0.121. The number of carbonyl (C=O) groups excluding carboxylic acids is 1. The number of carbonyl (C=O) groups is 1. The van der Waals surface area contributed by atoms with E-state index >= 15 is 0 Å². The second kappa shape index (κ2) is 5.32. The van der Waals surface area contributed by atoms with Crippen LogP contribution in [0.4, 0.5) is 0 Å². The van der Waals surface area contributed by atoms with Crippen LogP contribution in [0.15, 0.2) is 0 Å². The molecule has 2 N–H and O–H groups in total. The van der Waals surface area contributed by atoms with E-state index in [0.717, 1.165) is 32.6 Å². The van der Waals surface area contributed by atoms with Crippen molar-refractivity contribution in [3.05, 3.63) is 0 Å². The molecule has 82 valence electrons. The minimum Gasteiger partial charge on any atom is -0.369 e. The summed E-state index contributed by atoms with van der Waals surface area (Å²) in [6.07, 6.45) is 2.11. The Morgan fingerprint density at radius 2 is 2.29 bits per heavy atom. The van der Waals surface area contributed by atoms with Gasteiger partial charge in [-0.15, -0.1) is 0 Å². The fourth-order valence-corrected chi connectivity index (χ4v) is 1.88. The topological polar surface area (TPSA) is 49.6 Å². The quantitative estimate of drug-likeness (QED) is 0.664. The largest absolute Gasteiger partial charge is 0.369 e. The Balaban J connectivity index is 2.13. The van der Waals surface area contributed by atoms with Crippen molar-refractivity contribution in [2.75, 3.05) is 40.3 Å². The van der Waals surface area contributed by atoms with E-state index in [1.807, 2.05) is 0 Å². The van der Waals surface area contributed by atoms with Crippen molar-refractivity contribution >= 4 is 5.91 Å². The summed E-state index contributed by atoms with van der Waals surface area (Å²) in [5.74, 6) is -0.0468. The summed E-state index contributed by atoms with van der Waals surface area (Å²) in [7, 11) is 4.16. The molecule has 0 aromatic carbocycles. The van der Waals surface area contributed by atoms with Crippen LogP contribution in [0.25, 0.3) is 0 Å². The van der Waals surface area contributed by atoms with Crippen molar-refractivity contribution in [1.82, 2.24) is 9.80 Å². The fraction of sp³-hybridized carbons (Fsp3) is 0.900. The van der Waals surface area contributed by atoms with Gasteiger partial charge in [-0.3, -0.25) is 4.79 Å². The molecule has 0 bridgehead atoms. The molecule has 1 rings (SSSR count). The van der Waals surface area contributed by atoms with E-state index in [4.69, 9.17) is 5.73 Å². The second-order valence-electron chi connectivity index (χ2n) is 4.35. The number of hydrogen-bond acceptors (Lipinski definition) is 3. The van der Waals surface area contributed by atoms with Gasteiger partial charge in [0, 0.05) is 6.54 Å². The maximum Gasteiger partial charge on any atom is 0.221 e. The Morgan fingerprint density at radius 3 is 2.79 bits per heavy atom. The molecule has 1 amide bonds. The van der Waals surface area contributed by atoms with E-state index in [1.54, 1.807) is 0 Å². The van der Waals surface area contributed by atoms with Gasteiger partial charge in [-0.25, -0.2) is 0 Å². The lowest BCUT2D eigenvalue weighted by Gasteiger charge is -2.16. The molecular formula is C10H21N3O. The maximum atomic E-state index is 10.9. The van der Waals surface area contributed by atoms with Crippen molar-refractivity contribution in [2.45, 2.75) is 12.8 Å². The summed E-state index contributed by atoms with van der Waals surface area (Å²) in [6, 6.07) is 0. The highest BCUT2D eigenvalue weighted by Crippen LogP contribution is 2.15. The molecule has 0 saturated carbocycles. The number of amides is 1. The van der Waals surface area contributed by atoms with E-state index in [0.29, 0.717) is 0 Å². The molecule has 1 aliphatic heterocycles.